The number of fused-ring (bicyclic) bond motifs is 1. The number of pyridine rings is 1. The lowest BCUT2D eigenvalue weighted by atomic mass is 9.92. The average molecular weight is 464 g/mol. The molecule has 8 heteroatoms. The average Bonchev–Trinajstić information content (AvgIpc) is 2.73. The van der Waals surface area contributed by atoms with Gasteiger partial charge in [0.2, 0.25) is 10.0 Å². The van der Waals surface area contributed by atoms with E-state index >= 15 is 0 Å². The molecule has 0 spiro atoms. The van der Waals surface area contributed by atoms with Gasteiger partial charge in [0.15, 0.2) is 0 Å². The Morgan fingerprint density at radius 3 is 2.39 bits per heavy atom. The summed E-state index contributed by atoms with van der Waals surface area (Å²) in [7, 11) is -3.54. The molecular weight excluding hydrogens is 442 g/mol. The molecule has 1 aliphatic carbocycles. The molecule has 1 aromatic heterocycles. The number of rotatable bonds is 3. The molecule has 0 saturated carbocycles. The van der Waals surface area contributed by atoms with Crippen molar-refractivity contribution < 1.29 is 13.2 Å². The van der Waals surface area contributed by atoms with Gasteiger partial charge in [-0.1, -0.05) is 6.07 Å². The first kappa shape index (κ1) is 19.5. The van der Waals surface area contributed by atoms with E-state index in [4.69, 9.17) is 0 Å². The molecule has 1 saturated heterocycles. The van der Waals surface area contributed by atoms with E-state index in [2.05, 4.69) is 20.9 Å². The van der Waals surface area contributed by atoms with E-state index in [1.54, 1.807) is 23.2 Å². The molecule has 6 nitrogen and oxygen atoms in total. The topological polar surface area (TPSA) is 70.6 Å². The van der Waals surface area contributed by atoms with Crippen LogP contribution < -0.4 is 0 Å². The number of aromatic nitrogens is 1. The minimum absolute atomic E-state index is 0.125. The fourth-order valence-corrected chi connectivity index (χ4v) is 5.70. The molecule has 0 atom stereocenters. The van der Waals surface area contributed by atoms with Crippen LogP contribution >= 0.6 is 15.9 Å². The summed E-state index contributed by atoms with van der Waals surface area (Å²) < 4.78 is 28.4. The fraction of sp³-hybridized carbons (Fsp3) is 0.400. The molecule has 1 fully saturated rings. The van der Waals surface area contributed by atoms with Crippen LogP contribution in [0.3, 0.4) is 0 Å². The molecule has 0 radical (unpaired) electrons. The lowest BCUT2D eigenvalue weighted by Crippen LogP contribution is -2.50. The number of carbonyl (C=O) groups is 1. The number of hydrogen-bond acceptors (Lipinski definition) is 4. The number of nitrogens with zero attached hydrogens (tertiary/aromatic N) is 3. The second-order valence-corrected chi connectivity index (χ2v) is 10.1. The van der Waals surface area contributed by atoms with Crippen LogP contribution in [0.5, 0.6) is 0 Å². The monoisotopic (exact) mass is 463 g/mol. The predicted molar refractivity (Wildman–Crippen MR) is 110 cm³/mol. The second-order valence-electron chi connectivity index (χ2n) is 7.23. The molecule has 1 amide bonds. The predicted octanol–water partition coefficient (Wildman–Crippen LogP) is 2.87. The van der Waals surface area contributed by atoms with Gasteiger partial charge in [0, 0.05) is 43.0 Å². The largest absolute Gasteiger partial charge is 0.336 e. The van der Waals surface area contributed by atoms with Gasteiger partial charge in [-0.3, -0.25) is 9.78 Å². The Hall–Kier alpha value is -1.77. The van der Waals surface area contributed by atoms with Crippen molar-refractivity contribution in [1.29, 1.82) is 0 Å². The van der Waals surface area contributed by atoms with Gasteiger partial charge in [-0.15, -0.1) is 0 Å². The maximum atomic E-state index is 13.1. The van der Waals surface area contributed by atoms with Crippen molar-refractivity contribution in [3.05, 3.63) is 57.8 Å². The van der Waals surface area contributed by atoms with Gasteiger partial charge in [-0.25, -0.2) is 8.42 Å². The Balaban J connectivity index is 1.46. The van der Waals surface area contributed by atoms with E-state index in [0.29, 0.717) is 36.6 Å². The molecule has 0 unspecified atom stereocenters. The second kappa shape index (κ2) is 7.93. The van der Waals surface area contributed by atoms with Crippen molar-refractivity contribution in [1.82, 2.24) is 14.2 Å². The van der Waals surface area contributed by atoms with Crippen molar-refractivity contribution in [3.63, 3.8) is 0 Å². The number of carbonyl (C=O) groups excluding carboxylic acids is 1. The van der Waals surface area contributed by atoms with Crippen molar-refractivity contribution in [3.8, 4) is 0 Å². The zero-order valence-electron chi connectivity index (χ0n) is 15.5. The van der Waals surface area contributed by atoms with Gasteiger partial charge < -0.3 is 4.90 Å². The Morgan fingerprint density at radius 2 is 1.68 bits per heavy atom. The number of hydrogen-bond donors (Lipinski definition) is 0. The van der Waals surface area contributed by atoms with E-state index in [-0.39, 0.29) is 5.91 Å². The highest BCUT2D eigenvalue weighted by atomic mass is 79.9. The zero-order valence-corrected chi connectivity index (χ0v) is 17.9. The van der Waals surface area contributed by atoms with Crippen molar-refractivity contribution in [2.75, 3.05) is 26.2 Å². The normalized spacial score (nSPS) is 18.0. The van der Waals surface area contributed by atoms with Gasteiger partial charge in [0.25, 0.3) is 5.91 Å². The third-order valence-electron chi connectivity index (χ3n) is 5.44. The van der Waals surface area contributed by atoms with Crippen molar-refractivity contribution in [2.45, 2.75) is 30.6 Å². The minimum Gasteiger partial charge on any atom is -0.336 e. The molecule has 28 heavy (non-hydrogen) atoms. The minimum atomic E-state index is -3.54. The molecule has 4 rings (SSSR count). The van der Waals surface area contributed by atoms with Gasteiger partial charge in [-0.05, 0) is 70.9 Å². The first-order valence-electron chi connectivity index (χ1n) is 9.47. The smallest absolute Gasteiger partial charge is 0.255 e. The van der Waals surface area contributed by atoms with Crippen molar-refractivity contribution in [2.24, 2.45) is 0 Å². The number of amides is 1. The number of piperazine rings is 1. The van der Waals surface area contributed by atoms with Crippen LogP contribution in [0.1, 0.15) is 34.3 Å². The summed E-state index contributed by atoms with van der Waals surface area (Å²) in [6.45, 7) is 1.34. The highest BCUT2D eigenvalue weighted by molar-refractivity contribution is 9.10. The van der Waals surface area contributed by atoms with Gasteiger partial charge in [-0.2, -0.15) is 4.31 Å². The third kappa shape index (κ3) is 3.86. The maximum Gasteiger partial charge on any atom is 0.255 e. The molecule has 0 N–H and O–H groups in total. The van der Waals surface area contributed by atoms with Crippen LogP contribution in [0, 0.1) is 0 Å². The highest BCUT2D eigenvalue weighted by Crippen LogP contribution is 2.26. The third-order valence-corrected chi connectivity index (χ3v) is 7.76. The first-order chi connectivity index (χ1) is 13.4. The summed E-state index contributed by atoms with van der Waals surface area (Å²) in [6, 6.07) is 7.26. The van der Waals surface area contributed by atoms with E-state index in [0.717, 1.165) is 29.3 Å². The Morgan fingerprint density at radius 1 is 0.964 bits per heavy atom. The molecule has 2 aromatic rings. The van der Waals surface area contributed by atoms with Gasteiger partial charge >= 0.3 is 0 Å². The molecule has 1 aliphatic heterocycles. The van der Waals surface area contributed by atoms with Gasteiger partial charge in [0.1, 0.15) is 0 Å². The number of halogens is 1. The van der Waals surface area contributed by atoms with Crippen LogP contribution in [0.25, 0.3) is 0 Å². The van der Waals surface area contributed by atoms with E-state index < -0.39 is 10.0 Å². The Labute approximate surface area is 173 Å². The van der Waals surface area contributed by atoms with Crippen LogP contribution in [0.15, 0.2) is 46.0 Å². The lowest BCUT2D eigenvalue weighted by Gasteiger charge is -2.34. The Kier molecular flexibility index (Phi) is 5.53. The number of aryl methyl sites for hydroxylation is 2. The summed E-state index contributed by atoms with van der Waals surface area (Å²) in [5, 5.41) is 0. The standard InChI is InChI=1S/C20H22BrN3O3S/c21-18-11-17(13-22-14-18)20(25)23-7-9-24(10-8-23)28(26,27)19-6-5-15-3-1-2-4-16(15)12-19/h5-6,11-14H,1-4,7-10H2. The van der Waals surface area contributed by atoms with Crippen LogP contribution in [0.4, 0.5) is 0 Å². The van der Waals surface area contributed by atoms with Crippen molar-refractivity contribution >= 4 is 31.9 Å². The molecular formula is C20H22BrN3O3S. The van der Waals surface area contributed by atoms with Crippen LogP contribution in [-0.4, -0.2) is 54.7 Å². The Bertz CT molecular complexity index is 1000. The quantitative estimate of drug-likeness (QED) is 0.701. The van der Waals surface area contributed by atoms with E-state index in [9.17, 15) is 13.2 Å². The summed E-state index contributed by atoms with van der Waals surface area (Å²) >= 11 is 3.32. The number of sulfonamides is 1. The summed E-state index contributed by atoms with van der Waals surface area (Å²) in [5.41, 5.74) is 2.92. The highest BCUT2D eigenvalue weighted by Gasteiger charge is 2.31. The van der Waals surface area contributed by atoms with Gasteiger partial charge in [0.05, 0.1) is 10.5 Å². The maximum absolute atomic E-state index is 13.1. The SMILES string of the molecule is O=C(c1cncc(Br)c1)N1CCN(S(=O)(=O)c2ccc3c(c2)CCCC3)CC1. The van der Waals surface area contributed by atoms with Crippen LogP contribution in [0.2, 0.25) is 0 Å². The number of benzene rings is 1. The summed E-state index contributed by atoms with van der Waals surface area (Å²) in [4.78, 5) is 18.7. The lowest BCUT2D eigenvalue weighted by molar-refractivity contribution is 0.0697. The zero-order chi connectivity index (χ0) is 19.7. The molecule has 0 bridgehead atoms. The van der Waals surface area contributed by atoms with E-state index in [1.807, 2.05) is 12.1 Å². The summed E-state index contributed by atoms with van der Waals surface area (Å²) in [5.74, 6) is -0.125. The van der Waals surface area contributed by atoms with Crippen LogP contribution in [-0.2, 0) is 22.9 Å². The van der Waals surface area contributed by atoms with E-state index in [1.165, 1.54) is 22.5 Å². The molecule has 2 aliphatic rings. The fourth-order valence-electron chi connectivity index (χ4n) is 3.86. The first-order valence-corrected chi connectivity index (χ1v) is 11.7. The molecule has 1 aromatic carbocycles. The molecule has 148 valence electrons. The molecule has 2 heterocycles. The summed E-state index contributed by atoms with van der Waals surface area (Å²) in [6.07, 6.45) is 7.41.